The van der Waals surface area contributed by atoms with Gasteiger partial charge in [0.15, 0.2) is 0 Å². The van der Waals surface area contributed by atoms with Crippen molar-refractivity contribution in [3.05, 3.63) is 69.4 Å². The molecule has 0 N–H and O–H groups in total. The maximum Gasteiger partial charge on any atom is 0.266 e. The van der Waals surface area contributed by atoms with Crippen molar-refractivity contribution in [2.45, 2.75) is 9.79 Å². The Morgan fingerprint density at radius 2 is 1.33 bits per heavy atom. The van der Waals surface area contributed by atoms with Crippen LogP contribution in [0.2, 0.25) is 0 Å². The van der Waals surface area contributed by atoms with Crippen LogP contribution in [0.1, 0.15) is 0 Å². The van der Waals surface area contributed by atoms with Gasteiger partial charge in [-0.25, -0.2) is 16.8 Å². The van der Waals surface area contributed by atoms with Crippen molar-refractivity contribution in [1.29, 1.82) is 0 Å². The first-order valence-electron chi connectivity index (χ1n) is 6.14. The van der Waals surface area contributed by atoms with Crippen LogP contribution in [0, 0.1) is 0 Å². The van der Waals surface area contributed by atoms with Gasteiger partial charge in [0.2, 0.25) is 0 Å². The van der Waals surface area contributed by atoms with Gasteiger partial charge in [-0.3, -0.25) is 0 Å². The van der Waals surface area contributed by atoms with Crippen LogP contribution < -0.4 is 0 Å². The predicted octanol–water partition coefficient (Wildman–Crippen LogP) is 3.35. The number of azide groups is 2. The van der Waals surface area contributed by atoms with Crippen molar-refractivity contribution in [2.75, 3.05) is 0 Å². The summed E-state index contributed by atoms with van der Waals surface area (Å²) in [5.41, 5.74) is 17.2. The summed E-state index contributed by atoms with van der Waals surface area (Å²) in [6, 6.07) is 11.6. The highest BCUT2D eigenvalue weighted by Gasteiger charge is 2.29. The fourth-order valence-corrected chi connectivity index (χ4v) is 4.39. The lowest BCUT2D eigenvalue weighted by molar-refractivity contribution is 0.584. The number of sulfonamides is 2. The third-order valence-corrected chi connectivity index (χ3v) is 5.44. The Balaban J connectivity index is 3.00. The molecular weight excluding hydrogens is 356 g/mol. The average Bonchev–Trinajstić information content (AvgIpc) is 2.55. The van der Waals surface area contributed by atoms with Crippen LogP contribution in [0.25, 0.3) is 32.0 Å². The minimum absolute atomic E-state index is 0.00258. The molecule has 2 aromatic rings. The van der Waals surface area contributed by atoms with Gasteiger partial charge in [-0.2, -0.15) is 0 Å². The zero-order valence-corrected chi connectivity index (χ0v) is 13.4. The molecule has 24 heavy (non-hydrogen) atoms. The van der Waals surface area contributed by atoms with Crippen molar-refractivity contribution in [3.63, 3.8) is 0 Å². The Hall–Kier alpha value is -3.04. The van der Waals surface area contributed by atoms with E-state index in [0.717, 1.165) is 6.07 Å². The first-order chi connectivity index (χ1) is 11.3. The van der Waals surface area contributed by atoms with E-state index in [-0.39, 0.29) is 5.56 Å². The molecule has 0 unspecified atom stereocenters. The Morgan fingerprint density at radius 3 is 1.92 bits per heavy atom. The van der Waals surface area contributed by atoms with Gasteiger partial charge < -0.3 is 0 Å². The molecule has 0 aliphatic carbocycles. The van der Waals surface area contributed by atoms with E-state index in [2.05, 4.69) is 18.9 Å². The monoisotopic (exact) mass is 364 g/mol. The molecule has 0 saturated heterocycles. The molecule has 10 nitrogen and oxygen atoms in total. The average molecular weight is 364 g/mol. The van der Waals surface area contributed by atoms with Gasteiger partial charge in [0, 0.05) is 24.4 Å². The van der Waals surface area contributed by atoms with Crippen LogP contribution in [0.3, 0.4) is 0 Å². The quantitative estimate of drug-likeness (QED) is 0.451. The lowest BCUT2D eigenvalue weighted by Crippen LogP contribution is -2.07. The van der Waals surface area contributed by atoms with E-state index in [9.17, 15) is 16.8 Å². The summed E-state index contributed by atoms with van der Waals surface area (Å²) >= 11 is 0. The molecule has 0 radical (unpaired) electrons. The molecule has 0 atom stereocenters. The van der Waals surface area contributed by atoms with Crippen LogP contribution in [-0.4, -0.2) is 16.8 Å². The minimum atomic E-state index is -4.68. The van der Waals surface area contributed by atoms with Crippen molar-refractivity contribution in [2.24, 2.45) is 9.04 Å². The van der Waals surface area contributed by atoms with E-state index < -0.39 is 29.8 Å². The molecule has 2 aromatic carbocycles. The van der Waals surface area contributed by atoms with Crippen LogP contribution >= 0.6 is 0 Å². The third-order valence-electron chi connectivity index (χ3n) is 2.89. The zero-order valence-electron chi connectivity index (χ0n) is 11.8. The highest BCUT2D eigenvalue weighted by atomic mass is 32.2. The standard InChI is InChI=1S/C12H8N6O4S2/c13-15-17-23(19,20)11-8-4-7-10(9-5-2-1-3-6-9)12(11)24(21,22)18-16-14/h1-8H. The molecular formula is C12H8N6O4S2. The molecule has 0 fully saturated rings. The maximum atomic E-state index is 12.3. The Kier molecular flexibility index (Phi) is 4.77. The Bertz CT molecular complexity index is 1080. The summed E-state index contributed by atoms with van der Waals surface area (Å²) in [5.74, 6) is 0. The molecule has 122 valence electrons. The molecule has 12 heteroatoms. The van der Waals surface area contributed by atoms with Crippen molar-refractivity contribution >= 4 is 20.0 Å². The van der Waals surface area contributed by atoms with E-state index in [1.807, 2.05) is 0 Å². The lowest BCUT2D eigenvalue weighted by atomic mass is 10.1. The summed E-state index contributed by atoms with van der Waals surface area (Å²) in [5, 5.41) is 0. The first kappa shape index (κ1) is 17.3. The molecule has 0 aromatic heterocycles. The molecule has 0 aliphatic heterocycles. The van der Waals surface area contributed by atoms with E-state index >= 15 is 0 Å². The molecule has 0 spiro atoms. The molecule has 0 bridgehead atoms. The third kappa shape index (κ3) is 3.31. The summed E-state index contributed by atoms with van der Waals surface area (Å²) in [6.45, 7) is 0. The van der Waals surface area contributed by atoms with Crippen LogP contribution in [-0.2, 0) is 20.0 Å². The van der Waals surface area contributed by atoms with Crippen molar-refractivity contribution in [3.8, 4) is 11.1 Å². The topological polar surface area (TPSA) is 166 Å². The number of hydrogen-bond donors (Lipinski definition) is 0. The predicted molar refractivity (Wildman–Crippen MR) is 84.5 cm³/mol. The fraction of sp³-hybridized carbons (Fsp3) is 0. The molecule has 0 saturated carbocycles. The second-order valence-corrected chi connectivity index (χ2v) is 7.37. The lowest BCUT2D eigenvalue weighted by Gasteiger charge is -2.11. The largest absolute Gasteiger partial charge is 0.266 e. The van der Waals surface area contributed by atoms with Gasteiger partial charge in [-0.05, 0) is 22.7 Å². The van der Waals surface area contributed by atoms with E-state index in [1.165, 1.54) is 12.1 Å². The normalized spacial score (nSPS) is 11.2. The summed E-state index contributed by atoms with van der Waals surface area (Å²) < 4.78 is 54.0. The van der Waals surface area contributed by atoms with Gasteiger partial charge in [0.1, 0.15) is 4.90 Å². The fourth-order valence-electron chi connectivity index (χ4n) is 2.01. The van der Waals surface area contributed by atoms with Crippen LogP contribution in [0.15, 0.2) is 67.4 Å². The SMILES string of the molecule is [N-]=[N+]=NS(=O)(=O)c1cccc(-c2ccccc2)c1S(=O)(=O)N=[N+]=[N-]. The molecule has 0 amide bonds. The van der Waals surface area contributed by atoms with Crippen LogP contribution in [0.5, 0.6) is 0 Å². The smallest absolute Gasteiger partial charge is 0.216 e. The second kappa shape index (κ2) is 6.60. The van der Waals surface area contributed by atoms with Gasteiger partial charge in [-0.1, -0.05) is 42.5 Å². The van der Waals surface area contributed by atoms with Gasteiger partial charge >= 0.3 is 0 Å². The van der Waals surface area contributed by atoms with Crippen molar-refractivity contribution < 1.29 is 16.8 Å². The summed E-state index contributed by atoms with van der Waals surface area (Å²) in [6.07, 6.45) is 0. The van der Waals surface area contributed by atoms with Gasteiger partial charge in [0.05, 0.1) is 4.90 Å². The highest BCUT2D eigenvalue weighted by Crippen LogP contribution is 2.34. The van der Waals surface area contributed by atoms with Crippen LogP contribution in [0.4, 0.5) is 0 Å². The number of rotatable bonds is 5. The number of nitrogens with zero attached hydrogens (tertiary/aromatic N) is 6. The second-order valence-electron chi connectivity index (χ2n) is 4.29. The Labute approximate surface area is 136 Å². The first-order valence-corrected chi connectivity index (χ1v) is 9.02. The maximum absolute atomic E-state index is 12.3. The summed E-state index contributed by atoms with van der Waals surface area (Å²) in [4.78, 5) is 2.90. The van der Waals surface area contributed by atoms with E-state index in [0.29, 0.717) is 5.56 Å². The minimum Gasteiger partial charge on any atom is -0.216 e. The molecule has 0 heterocycles. The Morgan fingerprint density at radius 1 is 0.750 bits per heavy atom. The highest BCUT2D eigenvalue weighted by molar-refractivity contribution is 7.93. The van der Waals surface area contributed by atoms with E-state index in [1.54, 1.807) is 30.3 Å². The summed E-state index contributed by atoms with van der Waals surface area (Å²) in [7, 11) is -9.30. The van der Waals surface area contributed by atoms with E-state index in [4.69, 9.17) is 11.1 Å². The number of hydrogen-bond acceptors (Lipinski definition) is 4. The molecule has 0 aliphatic rings. The van der Waals surface area contributed by atoms with Gasteiger partial charge in [0.25, 0.3) is 20.0 Å². The molecule has 2 rings (SSSR count). The van der Waals surface area contributed by atoms with Gasteiger partial charge in [-0.15, -0.1) is 0 Å². The number of benzene rings is 2. The van der Waals surface area contributed by atoms with Crippen molar-refractivity contribution in [1.82, 2.24) is 0 Å². The zero-order chi connectivity index (χ0) is 17.8.